The normalized spacial score (nSPS) is 22.2. The summed E-state index contributed by atoms with van der Waals surface area (Å²) in [6, 6.07) is 13.3. The molecule has 0 spiro atoms. The van der Waals surface area contributed by atoms with E-state index in [1.54, 1.807) is 19.9 Å². The SMILES string of the molecule is COC(=O)C12CCC(CCN3CCc4c(nc(C(=O)Nc5cccc(-c6cccc(NC(=O)c7cc8n(n7)CCCC8NC(C)(C)C(=O)OC)c6C)c5C)n4C)C3)(CC1)C2. The molecule has 4 heterocycles. The predicted molar refractivity (Wildman–Crippen MR) is 227 cm³/mol. The minimum atomic E-state index is -0.903. The average molecular weight is 819 g/mol. The summed E-state index contributed by atoms with van der Waals surface area (Å²) in [6.07, 6.45) is 8.54. The Bertz CT molecular complexity index is 2350. The van der Waals surface area contributed by atoms with E-state index in [1.807, 2.05) is 66.5 Å². The molecule has 8 rings (SSSR count). The van der Waals surface area contributed by atoms with Gasteiger partial charge in [-0.1, -0.05) is 24.3 Å². The number of nitrogens with zero attached hydrogens (tertiary/aromatic N) is 5. The zero-order chi connectivity index (χ0) is 42.6. The molecule has 2 saturated carbocycles. The third-order valence-corrected chi connectivity index (χ3v) is 14.0. The van der Waals surface area contributed by atoms with Crippen LogP contribution in [-0.2, 0) is 45.6 Å². The van der Waals surface area contributed by atoms with Crippen LogP contribution >= 0.6 is 0 Å². The Morgan fingerprint density at radius 1 is 0.900 bits per heavy atom. The molecule has 0 radical (unpaired) electrons. The van der Waals surface area contributed by atoms with Gasteiger partial charge in [0.2, 0.25) is 0 Å². The van der Waals surface area contributed by atoms with Gasteiger partial charge in [-0.3, -0.25) is 34.1 Å². The van der Waals surface area contributed by atoms with Crippen molar-refractivity contribution in [3.8, 4) is 11.1 Å². The second kappa shape index (κ2) is 15.9. The summed E-state index contributed by atoms with van der Waals surface area (Å²) < 4.78 is 13.9. The van der Waals surface area contributed by atoms with Gasteiger partial charge < -0.3 is 24.7 Å². The number of ether oxygens (including phenoxy) is 2. The summed E-state index contributed by atoms with van der Waals surface area (Å²) in [4.78, 5) is 59.8. The number of methoxy groups -OCH3 is 2. The lowest BCUT2D eigenvalue weighted by Crippen LogP contribution is -2.50. The lowest BCUT2D eigenvalue weighted by molar-refractivity contribution is -0.152. The van der Waals surface area contributed by atoms with Crippen molar-refractivity contribution in [2.75, 3.05) is 37.9 Å². The molecular formula is C46H58N8O6. The number of fused-ring (bicyclic) bond motifs is 4. The Labute approximate surface area is 351 Å². The van der Waals surface area contributed by atoms with Crippen molar-refractivity contribution in [2.24, 2.45) is 17.9 Å². The molecule has 3 N–H and O–H groups in total. The number of hydrogen-bond acceptors (Lipinski definition) is 10. The van der Waals surface area contributed by atoms with E-state index in [0.717, 1.165) is 110 Å². The van der Waals surface area contributed by atoms with Crippen molar-refractivity contribution in [2.45, 2.75) is 110 Å². The number of esters is 2. The molecule has 2 aromatic carbocycles. The first-order valence-electron chi connectivity index (χ1n) is 21.3. The van der Waals surface area contributed by atoms with Gasteiger partial charge in [0, 0.05) is 50.2 Å². The van der Waals surface area contributed by atoms with Crippen molar-refractivity contribution in [3.05, 3.63) is 82.2 Å². The monoisotopic (exact) mass is 818 g/mol. The number of aromatic nitrogens is 4. The van der Waals surface area contributed by atoms with Gasteiger partial charge >= 0.3 is 11.9 Å². The van der Waals surface area contributed by atoms with Gasteiger partial charge in [0.15, 0.2) is 11.5 Å². The Hall–Kier alpha value is -5.34. The van der Waals surface area contributed by atoms with Gasteiger partial charge in [-0.2, -0.15) is 5.10 Å². The molecule has 2 aliphatic carbocycles. The summed E-state index contributed by atoms with van der Waals surface area (Å²) >= 11 is 0. The molecule has 2 bridgehead atoms. The fraction of sp³-hybridized carbons (Fsp3) is 0.522. The molecule has 60 heavy (non-hydrogen) atoms. The van der Waals surface area contributed by atoms with E-state index in [9.17, 15) is 19.2 Å². The first-order valence-corrected chi connectivity index (χ1v) is 21.3. The first-order chi connectivity index (χ1) is 28.7. The highest BCUT2D eigenvalue weighted by molar-refractivity contribution is 6.05. The molecule has 4 aromatic rings. The molecule has 1 unspecified atom stereocenters. The van der Waals surface area contributed by atoms with Crippen LogP contribution in [0.15, 0.2) is 42.5 Å². The van der Waals surface area contributed by atoms with E-state index >= 15 is 0 Å². The maximum atomic E-state index is 13.9. The number of anilines is 2. The quantitative estimate of drug-likeness (QED) is 0.132. The summed E-state index contributed by atoms with van der Waals surface area (Å²) in [7, 11) is 4.80. The predicted octanol–water partition coefficient (Wildman–Crippen LogP) is 6.65. The highest BCUT2D eigenvalue weighted by atomic mass is 16.5. The van der Waals surface area contributed by atoms with Crippen LogP contribution in [0.1, 0.15) is 121 Å². The maximum absolute atomic E-state index is 13.9. The lowest BCUT2D eigenvalue weighted by atomic mass is 9.80. The van der Waals surface area contributed by atoms with E-state index in [2.05, 4.69) is 25.9 Å². The van der Waals surface area contributed by atoms with Crippen molar-refractivity contribution < 1.29 is 28.7 Å². The van der Waals surface area contributed by atoms with E-state index < -0.39 is 5.54 Å². The summed E-state index contributed by atoms with van der Waals surface area (Å²) in [5.74, 6) is -0.592. The fourth-order valence-corrected chi connectivity index (χ4v) is 10.5. The molecule has 14 heteroatoms. The molecule has 14 nitrogen and oxygen atoms in total. The number of carbonyl (C=O) groups is 4. The van der Waals surface area contributed by atoms with Crippen LogP contribution in [-0.4, -0.2) is 80.8 Å². The smallest absolute Gasteiger partial charge is 0.325 e. The number of hydrogen-bond donors (Lipinski definition) is 3. The van der Waals surface area contributed by atoms with Gasteiger partial charge in [0.1, 0.15) is 5.54 Å². The number of rotatable bonds is 12. The molecular weight excluding hydrogens is 761 g/mol. The van der Waals surface area contributed by atoms with Crippen LogP contribution in [0.25, 0.3) is 11.1 Å². The molecule has 2 aliphatic heterocycles. The summed E-state index contributed by atoms with van der Waals surface area (Å²) in [5, 5.41) is 14.3. The second-order valence-corrected chi connectivity index (χ2v) is 18.1. The lowest BCUT2D eigenvalue weighted by Gasteiger charge is -2.32. The number of nitrogens with one attached hydrogen (secondary N) is 3. The van der Waals surface area contributed by atoms with E-state index in [0.29, 0.717) is 36.0 Å². The van der Waals surface area contributed by atoms with Crippen LogP contribution < -0.4 is 16.0 Å². The molecule has 2 aromatic heterocycles. The highest BCUT2D eigenvalue weighted by Crippen LogP contribution is 2.63. The minimum absolute atomic E-state index is 0.0335. The third kappa shape index (κ3) is 7.53. The van der Waals surface area contributed by atoms with Crippen molar-refractivity contribution in [1.29, 1.82) is 0 Å². The molecule has 1 atom stereocenters. The number of imidazole rings is 1. The zero-order valence-electron chi connectivity index (χ0n) is 36.0. The summed E-state index contributed by atoms with van der Waals surface area (Å²) in [6.45, 7) is 10.8. The van der Waals surface area contributed by atoms with E-state index in [-0.39, 0.29) is 40.6 Å². The molecule has 2 fully saturated rings. The van der Waals surface area contributed by atoms with Crippen LogP contribution in [0, 0.1) is 24.7 Å². The second-order valence-electron chi connectivity index (χ2n) is 18.1. The molecule has 0 saturated heterocycles. The molecule has 318 valence electrons. The van der Waals surface area contributed by atoms with Crippen LogP contribution in [0.3, 0.4) is 0 Å². The number of benzene rings is 2. The first kappa shape index (κ1) is 41.4. The fourth-order valence-electron chi connectivity index (χ4n) is 10.5. The Morgan fingerprint density at radius 2 is 1.57 bits per heavy atom. The van der Waals surface area contributed by atoms with Crippen LogP contribution in [0.2, 0.25) is 0 Å². The molecule has 2 amide bonds. The largest absolute Gasteiger partial charge is 0.469 e. The van der Waals surface area contributed by atoms with Gasteiger partial charge in [0.05, 0.1) is 37.1 Å². The minimum Gasteiger partial charge on any atom is -0.469 e. The average Bonchev–Trinajstić information content (AvgIpc) is 4.03. The Kier molecular flexibility index (Phi) is 11.0. The van der Waals surface area contributed by atoms with Crippen molar-refractivity contribution >= 4 is 35.1 Å². The van der Waals surface area contributed by atoms with E-state index in [4.69, 9.17) is 14.5 Å². The highest BCUT2D eigenvalue weighted by Gasteiger charge is 2.58. The standard InChI is InChI=1S/C46H58N8O6/c1-28-30(11-8-13-32(28)48-40(55)35-25-38-34(15-10-22-54(38)51-35)50-44(3,4)42(57)59-6)31-12-9-14-33(29(31)2)49-41(56)39-47-36-26-53(23-16-37(36)52(39)5)24-21-45-17-19-46(27-45,20-18-45)43(58)60-7/h8-9,11-14,25,34,50H,10,15-24,26-27H2,1-7H3,(H,48,55)(H,49,56). The number of carbonyl (C=O) groups excluding carboxylic acids is 4. The van der Waals surface area contributed by atoms with Crippen molar-refractivity contribution in [1.82, 2.24) is 29.5 Å². The maximum Gasteiger partial charge on any atom is 0.325 e. The number of aryl methyl sites for hydroxylation is 1. The van der Waals surface area contributed by atoms with Crippen LogP contribution in [0.4, 0.5) is 11.4 Å². The summed E-state index contributed by atoms with van der Waals surface area (Å²) in [5.41, 5.74) is 7.23. The van der Waals surface area contributed by atoms with Gasteiger partial charge in [-0.05, 0) is 131 Å². The number of amides is 2. The third-order valence-electron chi connectivity index (χ3n) is 14.0. The van der Waals surface area contributed by atoms with Crippen molar-refractivity contribution in [3.63, 3.8) is 0 Å². The topological polar surface area (TPSA) is 162 Å². The Balaban J connectivity index is 0.929. The van der Waals surface area contributed by atoms with E-state index in [1.165, 1.54) is 14.2 Å². The van der Waals surface area contributed by atoms with Gasteiger partial charge in [0.25, 0.3) is 11.8 Å². The molecule has 4 aliphatic rings. The Morgan fingerprint density at radius 3 is 2.22 bits per heavy atom. The van der Waals surface area contributed by atoms with Gasteiger partial charge in [-0.25, -0.2) is 4.98 Å². The van der Waals surface area contributed by atoms with Crippen LogP contribution in [0.5, 0.6) is 0 Å². The zero-order valence-corrected chi connectivity index (χ0v) is 36.0. The van der Waals surface area contributed by atoms with Gasteiger partial charge in [-0.15, -0.1) is 0 Å².